The molecule has 92 valence electrons. The van der Waals surface area contributed by atoms with E-state index in [9.17, 15) is 4.79 Å². The van der Waals surface area contributed by atoms with Crippen molar-refractivity contribution in [2.75, 3.05) is 11.9 Å². The lowest BCUT2D eigenvalue weighted by Crippen LogP contribution is -2.27. The van der Waals surface area contributed by atoms with Gasteiger partial charge >= 0.3 is 0 Å². The van der Waals surface area contributed by atoms with Crippen LogP contribution in [0, 0.1) is 0 Å². The lowest BCUT2D eigenvalue weighted by Gasteiger charge is -2.20. The number of anilines is 1. The van der Waals surface area contributed by atoms with Crippen LogP contribution < -0.4 is 10.6 Å². The van der Waals surface area contributed by atoms with E-state index >= 15 is 0 Å². The molecule has 1 amide bonds. The molecule has 2 rings (SSSR count). The van der Waals surface area contributed by atoms with E-state index < -0.39 is 0 Å². The molecule has 0 unspecified atom stereocenters. The number of hydrogen-bond donors (Lipinski definition) is 1. The minimum atomic E-state index is -0.0935. The molecule has 18 heavy (non-hydrogen) atoms. The van der Waals surface area contributed by atoms with Crippen LogP contribution in [-0.2, 0) is 6.54 Å². The zero-order chi connectivity index (χ0) is 13.0. The average molecular weight is 241 g/mol. The summed E-state index contributed by atoms with van der Waals surface area (Å²) in [6.07, 6.45) is 3.20. The van der Waals surface area contributed by atoms with Gasteiger partial charge in [0.25, 0.3) is 5.91 Å². The lowest BCUT2D eigenvalue weighted by molar-refractivity contribution is 0.0992. The summed E-state index contributed by atoms with van der Waals surface area (Å²) in [6, 6.07) is 11.1. The molecule has 0 saturated carbocycles. The number of rotatable bonds is 3. The minimum Gasteiger partial charge on any atom is -0.326 e. The standard InChI is InChI=1S/C14H15N3O/c1-17(13-7-3-2-5-11(13)9-15)14(18)12-6-4-8-16-10-12/h2-8,10H,9,15H2,1H3. The van der Waals surface area contributed by atoms with Gasteiger partial charge in [0.15, 0.2) is 0 Å². The van der Waals surface area contributed by atoms with Crippen molar-refractivity contribution >= 4 is 11.6 Å². The Balaban J connectivity index is 2.31. The van der Waals surface area contributed by atoms with Crippen LogP contribution in [0.3, 0.4) is 0 Å². The van der Waals surface area contributed by atoms with Crippen LogP contribution in [0.15, 0.2) is 48.8 Å². The SMILES string of the molecule is CN(C(=O)c1cccnc1)c1ccccc1CN. The van der Waals surface area contributed by atoms with Gasteiger partial charge in [0.2, 0.25) is 0 Å². The van der Waals surface area contributed by atoms with E-state index in [1.807, 2.05) is 24.3 Å². The molecule has 4 heteroatoms. The summed E-state index contributed by atoms with van der Waals surface area (Å²) in [5.74, 6) is -0.0935. The molecule has 1 heterocycles. The van der Waals surface area contributed by atoms with E-state index in [2.05, 4.69) is 4.98 Å². The molecule has 2 N–H and O–H groups in total. The van der Waals surface area contributed by atoms with Crippen LogP contribution in [0.5, 0.6) is 0 Å². The molecular formula is C14H15N3O. The highest BCUT2D eigenvalue weighted by molar-refractivity contribution is 6.05. The second-order valence-corrected chi connectivity index (χ2v) is 3.94. The maximum Gasteiger partial charge on any atom is 0.259 e. The summed E-state index contributed by atoms with van der Waals surface area (Å²) in [6.45, 7) is 0.404. The van der Waals surface area contributed by atoms with Crippen molar-refractivity contribution in [3.05, 3.63) is 59.9 Å². The average Bonchev–Trinajstić information content (AvgIpc) is 2.46. The number of hydrogen-bond acceptors (Lipinski definition) is 3. The molecule has 0 aliphatic rings. The number of aromatic nitrogens is 1. The molecule has 2 aromatic rings. The summed E-state index contributed by atoms with van der Waals surface area (Å²) in [5, 5.41) is 0. The predicted molar refractivity (Wildman–Crippen MR) is 71.3 cm³/mol. The first-order chi connectivity index (χ1) is 8.74. The monoisotopic (exact) mass is 241 g/mol. The van der Waals surface area contributed by atoms with Crippen LogP contribution in [0.2, 0.25) is 0 Å². The highest BCUT2D eigenvalue weighted by Gasteiger charge is 2.15. The molecule has 0 saturated heterocycles. The van der Waals surface area contributed by atoms with E-state index in [-0.39, 0.29) is 5.91 Å². The molecule has 1 aromatic heterocycles. The summed E-state index contributed by atoms with van der Waals surface area (Å²) in [7, 11) is 1.74. The van der Waals surface area contributed by atoms with Gasteiger partial charge in [-0.3, -0.25) is 9.78 Å². The van der Waals surface area contributed by atoms with Crippen LogP contribution in [0.4, 0.5) is 5.69 Å². The first-order valence-corrected chi connectivity index (χ1v) is 5.70. The van der Waals surface area contributed by atoms with Crippen LogP contribution in [0.1, 0.15) is 15.9 Å². The Morgan fingerprint density at radius 2 is 2.06 bits per heavy atom. The summed E-state index contributed by atoms with van der Waals surface area (Å²) in [4.78, 5) is 17.8. The number of carbonyl (C=O) groups is 1. The van der Waals surface area contributed by atoms with E-state index in [1.54, 1.807) is 36.5 Å². The van der Waals surface area contributed by atoms with E-state index in [0.29, 0.717) is 12.1 Å². The Bertz CT molecular complexity index is 540. The minimum absolute atomic E-state index is 0.0935. The zero-order valence-electron chi connectivity index (χ0n) is 10.2. The molecule has 1 aromatic carbocycles. The van der Waals surface area contributed by atoms with Crippen molar-refractivity contribution in [3.8, 4) is 0 Å². The molecule has 0 spiro atoms. The maximum absolute atomic E-state index is 12.3. The van der Waals surface area contributed by atoms with Crippen LogP contribution in [-0.4, -0.2) is 17.9 Å². The van der Waals surface area contributed by atoms with Gasteiger partial charge in [0, 0.05) is 31.7 Å². The molecule has 0 bridgehead atoms. The van der Waals surface area contributed by atoms with Crippen molar-refractivity contribution in [1.82, 2.24) is 4.98 Å². The molecule has 0 aliphatic heterocycles. The third-order valence-electron chi connectivity index (χ3n) is 2.79. The number of benzene rings is 1. The summed E-state index contributed by atoms with van der Waals surface area (Å²) in [5.41, 5.74) is 8.01. The van der Waals surface area contributed by atoms with Crippen LogP contribution in [0.25, 0.3) is 0 Å². The Morgan fingerprint density at radius 3 is 2.72 bits per heavy atom. The second kappa shape index (κ2) is 5.42. The molecule has 0 fully saturated rings. The van der Waals surface area contributed by atoms with Gasteiger partial charge in [-0.1, -0.05) is 18.2 Å². The normalized spacial score (nSPS) is 10.1. The largest absolute Gasteiger partial charge is 0.326 e. The predicted octanol–water partition coefficient (Wildman–Crippen LogP) is 1.82. The smallest absolute Gasteiger partial charge is 0.259 e. The first kappa shape index (κ1) is 12.3. The molecule has 4 nitrogen and oxygen atoms in total. The van der Waals surface area contributed by atoms with Crippen molar-refractivity contribution in [1.29, 1.82) is 0 Å². The fourth-order valence-electron chi connectivity index (χ4n) is 1.80. The third-order valence-corrected chi connectivity index (χ3v) is 2.79. The van der Waals surface area contributed by atoms with Gasteiger partial charge < -0.3 is 10.6 Å². The summed E-state index contributed by atoms with van der Waals surface area (Å²) < 4.78 is 0. The first-order valence-electron chi connectivity index (χ1n) is 5.70. The number of nitrogens with two attached hydrogens (primary N) is 1. The highest BCUT2D eigenvalue weighted by atomic mass is 16.2. The third kappa shape index (κ3) is 2.38. The van der Waals surface area contributed by atoms with Gasteiger partial charge in [-0.05, 0) is 23.8 Å². The van der Waals surface area contributed by atoms with Crippen molar-refractivity contribution in [3.63, 3.8) is 0 Å². The Hall–Kier alpha value is -2.20. The quantitative estimate of drug-likeness (QED) is 0.891. The molecule has 0 atom stereocenters. The number of carbonyl (C=O) groups excluding carboxylic acids is 1. The number of amides is 1. The number of pyridine rings is 1. The topological polar surface area (TPSA) is 59.2 Å². The van der Waals surface area contributed by atoms with E-state index in [1.165, 1.54) is 0 Å². The Kier molecular flexibility index (Phi) is 3.69. The van der Waals surface area contributed by atoms with E-state index in [0.717, 1.165) is 11.3 Å². The Labute approximate surface area is 106 Å². The zero-order valence-corrected chi connectivity index (χ0v) is 10.2. The fraction of sp³-hybridized carbons (Fsp3) is 0.143. The molecular weight excluding hydrogens is 226 g/mol. The van der Waals surface area contributed by atoms with Crippen molar-refractivity contribution in [2.45, 2.75) is 6.54 Å². The Morgan fingerprint density at radius 1 is 1.28 bits per heavy atom. The summed E-state index contributed by atoms with van der Waals surface area (Å²) >= 11 is 0. The van der Waals surface area contributed by atoms with Gasteiger partial charge in [-0.25, -0.2) is 0 Å². The van der Waals surface area contributed by atoms with Crippen molar-refractivity contribution < 1.29 is 4.79 Å². The maximum atomic E-state index is 12.3. The number of para-hydroxylation sites is 1. The second-order valence-electron chi connectivity index (χ2n) is 3.94. The fourth-order valence-corrected chi connectivity index (χ4v) is 1.80. The number of nitrogens with zero attached hydrogens (tertiary/aromatic N) is 2. The van der Waals surface area contributed by atoms with Gasteiger partial charge in [0.1, 0.15) is 0 Å². The van der Waals surface area contributed by atoms with Crippen molar-refractivity contribution in [2.24, 2.45) is 5.73 Å². The van der Waals surface area contributed by atoms with E-state index in [4.69, 9.17) is 5.73 Å². The van der Waals surface area contributed by atoms with Gasteiger partial charge in [0.05, 0.1) is 5.56 Å². The molecule has 0 aliphatic carbocycles. The molecule has 0 radical (unpaired) electrons. The lowest BCUT2D eigenvalue weighted by atomic mass is 10.1. The van der Waals surface area contributed by atoms with Gasteiger partial charge in [-0.2, -0.15) is 0 Å². The highest BCUT2D eigenvalue weighted by Crippen LogP contribution is 2.20. The van der Waals surface area contributed by atoms with Gasteiger partial charge in [-0.15, -0.1) is 0 Å². The van der Waals surface area contributed by atoms with Crippen LogP contribution >= 0.6 is 0 Å².